The molecule has 0 radical (unpaired) electrons. The Bertz CT molecular complexity index is 521. The maximum absolute atomic E-state index is 2.55. The average Bonchev–Trinajstić information content (AvgIpc) is 2.95. The Labute approximate surface area is 103 Å². The summed E-state index contributed by atoms with van der Waals surface area (Å²) in [6.07, 6.45) is 14.2. The first-order valence-electron chi connectivity index (χ1n) is 6.89. The van der Waals surface area contributed by atoms with Crippen LogP contribution in [0.5, 0.6) is 0 Å². The van der Waals surface area contributed by atoms with E-state index in [0.29, 0.717) is 5.41 Å². The molecule has 2 atom stereocenters. The Hall–Kier alpha value is -1.30. The number of fused-ring (bicyclic) bond motifs is 4. The standard InChI is InChI=1S/C17H18/c1-3-7-15-13(5-1)9-11-17(15)12-10-14-6-2-4-8-16(14)17/h1,3,5,7-9,11,14H,2,4,6,10,12H2. The lowest BCUT2D eigenvalue weighted by atomic mass is 9.74. The monoisotopic (exact) mass is 222 g/mol. The number of hydrogen-bond acceptors (Lipinski definition) is 0. The zero-order valence-corrected chi connectivity index (χ0v) is 10.2. The van der Waals surface area contributed by atoms with E-state index in [4.69, 9.17) is 0 Å². The molecule has 2 unspecified atom stereocenters. The van der Waals surface area contributed by atoms with E-state index in [1.54, 1.807) is 11.1 Å². The summed E-state index contributed by atoms with van der Waals surface area (Å²) in [6.45, 7) is 0. The molecule has 0 aromatic heterocycles. The first kappa shape index (κ1) is 9.70. The number of benzene rings is 1. The molecule has 86 valence electrons. The lowest BCUT2D eigenvalue weighted by molar-refractivity contribution is 0.524. The Morgan fingerprint density at radius 2 is 2.06 bits per heavy atom. The van der Waals surface area contributed by atoms with Crippen molar-refractivity contribution < 1.29 is 0 Å². The van der Waals surface area contributed by atoms with E-state index >= 15 is 0 Å². The van der Waals surface area contributed by atoms with Crippen LogP contribution < -0.4 is 0 Å². The first-order chi connectivity index (χ1) is 8.40. The smallest absolute Gasteiger partial charge is 0.0353 e. The molecule has 0 heterocycles. The third kappa shape index (κ3) is 1.19. The molecule has 0 heteroatoms. The highest BCUT2D eigenvalue weighted by atomic mass is 14.5. The molecule has 0 N–H and O–H groups in total. The molecule has 1 spiro atoms. The molecule has 3 aliphatic rings. The summed E-state index contributed by atoms with van der Waals surface area (Å²) < 4.78 is 0. The van der Waals surface area contributed by atoms with Crippen molar-refractivity contribution in [1.29, 1.82) is 0 Å². The summed E-state index contributed by atoms with van der Waals surface area (Å²) in [4.78, 5) is 0. The van der Waals surface area contributed by atoms with Crippen molar-refractivity contribution in [2.75, 3.05) is 0 Å². The van der Waals surface area contributed by atoms with Crippen LogP contribution >= 0.6 is 0 Å². The third-order valence-electron chi connectivity index (χ3n) is 4.95. The fourth-order valence-corrected chi connectivity index (χ4v) is 4.18. The largest absolute Gasteiger partial charge is 0.0838 e. The summed E-state index contributed by atoms with van der Waals surface area (Å²) in [5.41, 5.74) is 5.04. The molecule has 1 aromatic carbocycles. The van der Waals surface area contributed by atoms with Gasteiger partial charge in [0.25, 0.3) is 0 Å². The van der Waals surface area contributed by atoms with E-state index < -0.39 is 0 Å². The van der Waals surface area contributed by atoms with Crippen LogP contribution in [0.25, 0.3) is 6.08 Å². The van der Waals surface area contributed by atoms with Crippen molar-refractivity contribution in [3.8, 4) is 0 Å². The Kier molecular flexibility index (Phi) is 1.91. The molecular weight excluding hydrogens is 204 g/mol. The molecule has 0 amide bonds. The van der Waals surface area contributed by atoms with Crippen LogP contribution in [0.15, 0.2) is 42.0 Å². The number of rotatable bonds is 0. The van der Waals surface area contributed by atoms with E-state index in [9.17, 15) is 0 Å². The molecule has 17 heavy (non-hydrogen) atoms. The second-order valence-corrected chi connectivity index (χ2v) is 5.72. The van der Waals surface area contributed by atoms with E-state index in [1.165, 1.54) is 37.7 Å². The van der Waals surface area contributed by atoms with Gasteiger partial charge in [-0.25, -0.2) is 0 Å². The zero-order valence-electron chi connectivity index (χ0n) is 10.2. The molecule has 0 aliphatic heterocycles. The van der Waals surface area contributed by atoms with Crippen molar-refractivity contribution in [3.05, 3.63) is 53.1 Å². The first-order valence-corrected chi connectivity index (χ1v) is 6.89. The maximum atomic E-state index is 2.55. The van der Waals surface area contributed by atoms with E-state index in [0.717, 1.165) is 5.92 Å². The Morgan fingerprint density at radius 1 is 1.12 bits per heavy atom. The van der Waals surface area contributed by atoms with Gasteiger partial charge in [-0.15, -0.1) is 0 Å². The van der Waals surface area contributed by atoms with Crippen LogP contribution in [0, 0.1) is 5.92 Å². The predicted molar refractivity (Wildman–Crippen MR) is 71.8 cm³/mol. The van der Waals surface area contributed by atoms with Gasteiger partial charge in [0.05, 0.1) is 0 Å². The van der Waals surface area contributed by atoms with Crippen molar-refractivity contribution >= 4 is 6.08 Å². The fraction of sp³-hybridized carbons (Fsp3) is 0.412. The summed E-state index contributed by atoms with van der Waals surface area (Å²) in [7, 11) is 0. The highest BCUT2D eigenvalue weighted by Gasteiger charge is 2.46. The fourth-order valence-electron chi connectivity index (χ4n) is 4.18. The maximum Gasteiger partial charge on any atom is 0.0353 e. The molecule has 4 rings (SSSR count). The molecule has 1 aromatic rings. The van der Waals surface area contributed by atoms with Crippen LogP contribution in [0.1, 0.15) is 43.2 Å². The second kappa shape index (κ2) is 3.35. The van der Waals surface area contributed by atoms with Gasteiger partial charge in [-0.3, -0.25) is 0 Å². The molecule has 1 saturated carbocycles. The van der Waals surface area contributed by atoms with Gasteiger partial charge in [-0.2, -0.15) is 0 Å². The lowest BCUT2D eigenvalue weighted by Crippen LogP contribution is -2.22. The lowest BCUT2D eigenvalue weighted by Gasteiger charge is -2.30. The molecule has 0 nitrogen and oxygen atoms in total. The van der Waals surface area contributed by atoms with E-state index in [-0.39, 0.29) is 0 Å². The van der Waals surface area contributed by atoms with Crippen molar-refractivity contribution in [1.82, 2.24) is 0 Å². The molecule has 0 saturated heterocycles. The van der Waals surface area contributed by atoms with Crippen LogP contribution in [0.4, 0.5) is 0 Å². The van der Waals surface area contributed by atoms with Crippen molar-refractivity contribution in [2.45, 2.75) is 37.5 Å². The topological polar surface area (TPSA) is 0 Å². The Balaban J connectivity index is 1.90. The minimum atomic E-state index is 0.293. The van der Waals surface area contributed by atoms with Crippen LogP contribution in [-0.4, -0.2) is 0 Å². The molecular formula is C17H18. The summed E-state index contributed by atoms with van der Waals surface area (Å²) in [5, 5.41) is 0. The van der Waals surface area contributed by atoms with Gasteiger partial charge in [0.2, 0.25) is 0 Å². The SMILES string of the molecule is C1=CC2(CCC3CCCC=C32)c2ccccc21. The minimum absolute atomic E-state index is 0.293. The number of allylic oxidation sites excluding steroid dienone is 3. The van der Waals surface area contributed by atoms with Gasteiger partial charge >= 0.3 is 0 Å². The second-order valence-electron chi connectivity index (χ2n) is 5.72. The van der Waals surface area contributed by atoms with Crippen LogP contribution in [-0.2, 0) is 5.41 Å². The van der Waals surface area contributed by atoms with Gasteiger partial charge in [0.1, 0.15) is 0 Å². The summed E-state index contributed by atoms with van der Waals surface area (Å²) >= 11 is 0. The molecule has 3 aliphatic carbocycles. The average molecular weight is 222 g/mol. The van der Waals surface area contributed by atoms with Crippen molar-refractivity contribution in [3.63, 3.8) is 0 Å². The quantitative estimate of drug-likeness (QED) is 0.568. The van der Waals surface area contributed by atoms with Crippen LogP contribution in [0.2, 0.25) is 0 Å². The number of hydrogen-bond donors (Lipinski definition) is 0. The normalized spacial score (nSPS) is 33.6. The van der Waals surface area contributed by atoms with Gasteiger partial charge in [0.15, 0.2) is 0 Å². The van der Waals surface area contributed by atoms with Gasteiger partial charge in [-0.1, -0.05) is 48.1 Å². The predicted octanol–water partition coefficient (Wildman–Crippen LogP) is 4.47. The summed E-state index contributed by atoms with van der Waals surface area (Å²) in [6, 6.07) is 8.96. The third-order valence-corrected chi connectivity index (χ3v) is 4.95. The highest BCUT2D eigenvalue weighted by molar-refractivity contribution is 5.69. The molecule has 1 fully saturated rings. The molecule has 0 bridgehead atoms. The minimum Gasteiger partial charge on any atom is -0.0838 e. The highest BCUT2D eigenvalue weighted by Crippen LogP contribution is 2.55. The summed E-state index contributed by atoms with van der Waals surface area (Å²) in [5.74, 6) is 0.875. The van der Waals surface area contributed by atoms with Crippen LogP contribution in [0.3, 0.4) is 0 Å². The van der Waals surface area contributed by atoms with E-state index in [1.807, 2.05) is 0 Å². The van der Waals surface area contributed by atoms with Gasteiger partial charge in [0, 0.05) is 5.41 Å². The van der Waals surface area contributed by atoms with Gasteiger partial charge < -0.3 is 0 Å². The van der Waals surface area contributed by atoms with Crippen molar-refractivity contribution in [2.24, 2.45) is 5.92 Å². The zero-order chi connectivity index (χ0) is 11.3. The van der Waals surface area contributed by atoms with Gasteiger partial charge in [-0.05, 0) is 49.1 Å². The Morgan fingerprint density at radius 3 is 3.06 bits per heavy atom. The van der Waals surface area contributed by atoms with E-state index in [2.05, 4.69) is 42.5 Å².